The molecule has 9 heteroatoms. The number of sulfonamides is 1. The number of nitrogens with two attached hydrogens (primary N) is 1. The highest BCUT2D eigenvalue weighted by Crippen LogP contribution is 2.20. The SMILES string of the molecule is Nc1cc(F)c(F)c(S(=O)(=O)NCC(F)F)c1. The standard InChI is InChI=1S/C8H8F4N2O2S/c9-5-1-4(13)2-6(8(5)12)17(15,16)14-3-7(10)11/h1-2,7,14H,3,13H2. The Hall–Kier alpha value is -1.35. The van der Waals surface area contributed by atoms with Gasteiger partial charge in [0.05, 0.1) is 6.54 Å². The lowest BCUT2D eigenvalue weighted by Gasteiger charge is -2.08. The zero-order chi connectivity index (χ0) is 13.2. The van der Waals surface area contributed by atoms with E-state index in [0.29, 0.717) is 12.1 Å². The second-order valence-electron chi connectivity index (χ2n) is 3.06. The molecule has 96 valence electrons. The molecule has 1 aromatic rings. The fraction of sp³-hybridized carbons (Fsp3) is 0.250. The van der Waals surface area contributed by atoms with Crippen LogP contribution in [0, 0.1) is 11.6 Å². The van der Waals surface area contributed by atoms with Crippen LogP contribution in [0.1, 0.15) is 0 Å². The molecule has 0 saturated heterocycles. The van der Waals surface area contributed by atoms with E-state index in [2.05, 4.69) is 0 Å². The number of hydrogen-bond donors (Lipinski definition) is 2. The van der Waals surface area contributed by atoms with E-state index in [4.69, 9.17) is 5.73 Å². The average molecular weight is 272 g/mol. The van der Waals surface area contributed by atoms with E-state index < -0.39 is 39.5 Å². The Bertz CT molecular complexity index is 519. The maximum absolute atomic E-state index is 13.2. The van der Waals surface area contributed by atoms with Crippen LogP contribution in [0.25, 0.3) is 0 Å². The van der Waals surface area contributed by atoms with Gasteiger partial charge < -0.3 is 5.73 Å². The Labute approximate surface area is 94.5 Å². The van der Waals surface area contributed by atoms with Crippen LogP contribution in [0.3, 0.4) is 0 Å². The first kappa shape index (κ1) is 13.7. The van der Waals surface area contributed by atoms with E-state index in [9.17, 15) is 26.0 Å². The summed E-state index contributed by atoms with van der Waals surface area (Å²) in [4.78, 5) is -1.10. The zero-order valence-corrected chi connectivity index (χ0v) is 9.07. The van der Waals surface area contributed by atoms with Crippen LogP contribution in [0.5, 0.6) is 0 Å². The highest BCUT2D eigenvalue weighted by molar-refractivity contribution is 7.89. The second kappa shape index (κ2) is 4.88. The van der Waals surface area contributed by atoms with E-state index in [0.717, 1.165) is 0 Å². The molecule has 0 unspecified atom stereocenters. The third-order valence-corrected chi connectivity index (χ3v) is 3.16. The van der Waals surface area contributed by atoms with Gasteiger partial charge in [0, 0.05) is 5.69 Å². The van der Waals surface area contributed by atoms with E-state index in [-0.39, 0.29) is 5.69 Å². The van der Waals surface area contributed by atoms with Gasteiger partial charge >= 0.3 is 0 Å². The molecule has 0 aliphatic rings. The third-order valence-electron chi connectivity index (χ3n) is 1.73. The molecule has 4 nitrogen and oxygen atoms in total. The molecular weight excluding hydrogens is 264 g/mol. The van der Waals surface area contributed by atoms with Gasteiger partial charge in [0.2, 0.25) is 10.0 Å². The Morgan fingerprint density at radius 1 is 1.29 bits per heavy atom. The molecule has 0 aromatic heterocycles. The predicted octanol–water partition coefficient (Wildman–Crippen LogP) is 1.09. The van der Waals surface area contributed by atoms with Crippen molar-refractivity contribution in [3.8, 4) is 0 Å². The second-order valence-corrected chi connectivity index (χ2v) is 4.79. The van der Waals surface area contributed by atoms with Crippen molar-refractivity contribution in [1.82, 2.24) is 4.72 Å². The minimum atomic E-state index is -4.56. The number of benzene rings is 1. The molecule has 0 heterocycles. The van der Waals surface area contributed by atoms with Crippen molar-refractivity contribution < 1.29 is 26.0 Å². The number of halogens is 4. The summed E-state index contributed by atoms with van der Waals surface area (Å²) < 4.78 is 73.8. The van der Waals surface area contributed by atoms with Crippen LogP contribution >= 0.6 is 0 Å². The number of alkyl halides is 2. The fourth-order valence-electron chi connectivity index (χ4n) is 1.03. The number of hydrogen-bond acceptors (Lipinski definition) is 3. The summed E-state index contributed by atoms with van der Waals surface area (Å²) in [6.45, 7) is -1.20. The summed E-state index contributed by atoms with van der Waals surface area (Å²) >= 11 is 0. The van der Waals surface area contributed by atoms with Gasteiger partial charge in [-0.3, -0.25) is 0 Å². The van der Waals surface area contributed by atoms with Crippen molar-refractivity contribution in [3.05, 3.63) is 23.8 Å². The van der Waals surface area contributed by atoms with Crippen LogP contribution in [0.2, 0.25) is 0 Å². The van der Waals surface area contributed by atoms with Gasteiger partial charge in [0.25, 0.3) is 6.43 Å². The number of nitrogens with one attached hydrogen (secondary N) is 1. The molecule has 1 aromatic carbocycles. The average Bonchev–Trinajstić information content (AvgIpc) is 2.20. The number of rotatable bonds is 4. The largest absolute Gasteiger partial charge is 0.399 e. The molecule has 0 radical (unpaired) electrons. The first-order chi connectivity index (χ1) is 7.74. The molecule has 1 rings (SSSR count). The summed E-state index contributed by atoms with van der Waals surface area (Å²) in [5, 5.41) is 0. The van der Waals surface area contributed by atoms with Gasteiger partial charge in [-0.05, 0) is 12.1 Å². The summed E-state index contributed by atoms with van der Waals surface area (Å²) in [6.07, 6.45) is -2.95. The minimum absolute atomic E-state index is 0.332. The van der Waals surface area contributed by atoms with Crippen molar-refractivity contribution in [2.24, 2.45) is 0 Å². The molecule has 0 fully saturated rings. The maximum atomic E-state index is 13.2. The van der Waals surface area contributed by atoms with Crippen LogP contribution in [0.15, 0.2) is 17.0 Å². The predicted molar refractivity (Wildman–Crippen MR) is 52.0 cm³/mol. The van der Waals surface area contributed by atoms with Crippen molar-refractivity contribution >= 4 is 15.7 Å². The highest BCUT2D eigenvalue weighted by Gasteiger charge is 2.23. The molecular formula is C8H8F4N2O2S. The summed E-state index contributed by atoms with van der Waals surface area (Å²) in [5.74, 6) is -3.14. The van der Waals surface area contributed by atoms with E-state index in [1.165, 1.54) is 4.72 Å². The Kier molecular flexibility index (Phi) is 3.94. The molecule has 0 aliphatic heterocycles. The van der Waals surface area contributed by atoms with Gasteiger partial charge in [0.1, 0.15) is 4.90 Å². The molecule has 17 heavy (non-hydrogen) atoms. The lowest BCUT2D eigenvalue weighted by molar-refractivity contribution is 0.153. The first-order valence-electron chi connectivity index (χ1n) is 4.26. The topological polar surface area (TPSA) is 72.2 Å². The quantitative estimate of drug-likeness (QED) is 0.636. The van der Waals surface area contributed by atoms with Crippen molar-refractivity contribution in [3.63, 3.8) is 0 Å². The van der Waals surface area contributed by atoms with Gasteiger partial charge in [-0.25, -0.2) is 30.7 Å². The van der Waals surface area contributed by atoms with Gasteiger partial charge in [-0.2, -0.15) is 0 Å². The molecule has 3 N–H and O–H groups in total. The Morgan fingerprint density at radius 3 is 2.41 bits per heavy atom. The Morgan fingerprint density at radius 2 is 1.88 bits per heavy atom. The van der Waals surface area contributed by atoms with Gasteiger partial charge in [-0.15, -0.1) is 0 Å². The highest BCUT2D eigenvalue weighted by atomic mass is 32.2. The van der Waals surface area contributed by atoms with Gasteiger partial charge in [-0.1, -0.05) is 0 Å². The normalized spacial score (nSPS) is 12.1. The lowest BCUT2D eigenvalue weighted by atomic mass is 10.3. The summed E-state index contributed by atoms with van der Waals surface area (Å²) in [7, 11) is -4.56. The van der Waals surface area contributed by atoms with Gasteiger partial charge in [0.15, 0.2) is 11.6 Å². The molecule has 0 bridgehead atoms. The summed E-state index contributed by atoms with van der Waals surface area (Å²) in [6, 6.07) is 1.23. The minimum Gasteiger partial charge on any atom is -0.399 e. The smallest absolute Gasteiger partial charge is 0.251 e. The van der Waals surface area contributed by atoms with Crippen LogP contribution in [-0.2, 0) is 10.0 Å². The molecule has 0 saturated carbocycles. The zero-order valence-electron chi connectivity index (χ0n) is 8.25. The van der Waals surface area contributed by atoms with Crippen molar-refractivity contribution in [2.75, 3.05) is 12.3 Å². The van der Waals surface area contributed by atoms with E-state index in [1.54, 1.807) is 0 Å². The van der Waals surface area contributed by atoms with E-state index in [1.807, 2.05) is 0 Å². The first-order valence-corrected chi connectivity index (χ1v) is 5.74. The molecule has 0 aliphatic carbocycles. The van der Waals surface area contributed by atoms with Crippen molar-refractivity contribution in [2.45, 2.75) is 11.3 Å². The molecule has 0 amide bonds. The van der Waals surface area contributed by atoms with E-state index >= 15 is 0 Å². The lowest BCUT2D eigenvalue weighted by Crippen LogP contribution is -2.29. The fourth-order valence-corrected chi connectivity index (χ4v) is 2.16. The van der Waals surface area contributed by atoms with Crippen LogP contribution in [-0.4, -0.2) is 21.4 Å². The molecule has 0 atom stereocenters. The third kappa shape index (κ3) is 3.30. The monoisotopic (exact) mass is 272 g/mol. The number of nitrogen functional groups attached to an aromatic ring is 1. The molecule has 0 spiro atoms. The van der Waals surface area contributed by atoms with Crippen LogP contribution in [0.4, 0.5) is 23.2 Å². The maximum Gasteiger partial charge on any atom is 0.251 e. The Balaban J connectivity index is 3.15. The van der Waals surface area contributed by atoms with Crippen LogP contribution < -0.4 is 10.5 Å². The number of anilines is 1. The summed E-state index contributed by atoms with van der Waals surface area (Å²) in [5.41, 5.74) is 4.80. The van der Waals surface area contributed by atoms with Crippen molar-refractivity contribution in [1.29, 1.82) is 0 Å².